The lowest BCUT2D eigenvalue weighted by atomic mass is 10.1. The van der Waals surface area contributed by atoms with E-state index in [-0.39, 0.29) is 5.69 Å². The van der Waals surface area contributed by atoms with Gasteiger partial charge in [-0.05, 0) is 31.7 Å². The van der Waals surface area contributed by atoms with Crippen LogP contribution >= 0.6 is 0 Å². The average molecular weight is 276 g/mol. The number of anilines is 1. The van der Waals surface area contributed by atoms with E-state index in [1.165, 1.54) is 45.7 Å². The highest BCUT2D eigenvalue weighted by atomic mass is 16.5. The minimum absolute atomic E-state index is 0.239. The predicted octanol–water partition coefficient (Wildman–Crippen LogP) is 1.16. The number of aromatic nitrogens is 2. The Hall–Kier alpha value is -1.69. The molecule has 0 bridgehead atoms. The van der Waals surface area contributed by atoms with E-state index >= 15 is 0 Å². The van der Waals surface area contributed by atoms with Crippen LogP contribution in [0.2, 0.25) is 0 Å². The monoisotopic (exact) mass is 276 g/mol. The number of ether oxygens (including phenoxy) is 1. The Labute approximate surface area is 118 Å². The first-order valence-corrected chi connectivity index (χ1v) is 7.14. The van der Waals surface area contributed by atoms with E-state index in [4.69, 9.17) is 0 Å². The van der Waals surface area contributed by atoms with Crippen molar-refractivity contribution in [3.8, 4) is 0 Å². The van der Waals surface area contributed by atoms with Crippen LogP contribution in [0.25, 0.3) is 0 Å². The van der Waals surface area contributed by atoms with E-state index in [2.05, 4.69) is 24.9 Å². The van der Waals surface area contributed by atoms with Gasteiger partial charge in [-0.2, -0.15) is 0 Å². The van der Waals surface area contributed by atoms with Crippen LogP contribution in [0.4, 0.5) is 5.82 Å². The van der Waals surface area contributed by atoms with Gasteiger partial charge in [0, 0.05) is 19.1 Å². The number of hydrogen-bond acceptors (Lipinski definition) is 6. The number of esters is 1. The zero-order valence-corrected chi connectivity index (χ0v) is 11.7. The van der Waals surface area contributed by atoms with E-state index in [0.29, 0.717) is 11.7 Å². The van der Waals surface area contributed by atoms with Gasteiger partial charge in [-0.25, -0.2) is 9.78 Å². The van der Waals surface area contributed by atoms with E-state index in [9.17, 15) is 4.79 Å². The maximum absolute atomic E-state index is 11.4. The molecular formula is C14H20N4O2. The zero-order valence-electron chi connectivity index (χ0n) is 11.7. The lowest BCUT2D eigenvalue weighted by Crippen LogP contribution is -2.25. The molecule has 1 unspecified atom stereocenters. The number of likely N-dealkylation sites (tertiary alicyclic amines) is 1. The normalized spacial score (nSPS) is 22.8. The van der Waals surface area contributed by atoms with Gasteiger partial charge in [0.05, 0.1) is 19.5 Å². The zero-order chi connectivity index (χ0) is 13.9. The first kappa shape index (κ1) is 13.3. The Bertz CT molecular complexity index is 490. The fourth-order valence-electron chi connectivity index (χ4n) is 2.70. The SMILES string of the molecule is COC(=O)c1cncc(NCC2CCN(C3CC3)C2)n1. The van der Waals surface area contributed by atoms with Crippen molar-refractivity contribution in [3.05, 3.63) is 18.1 Å². The largest absolute Gasteiger partial charge is 0.464 e. The van der Waals surface area contributed by atoms with Crippen LogP contribution in [0.5, 0.6) is 0 Å². The molecule has 1 aliphatic heterocycles. The molecule has 1 N–H and O–H groups in total. The number of hydrogen-bond donors (Lipinski definition) is 1. The summed E-state index contributed by atoms with van der Waals surface area (Å²) in [5.74, 6) is 0.832. The van der Waals surface area contributed by atoms with Crippen molar-refractivity contribution in [3.63, 3.8) is 0 Å². The minimum atomic E-state index is -0.457. The summed E-state index contributed by atoms with van der Waals surface area (Å²) in [6, 6.07) is 0.849. The molecule has 0 spiro atoms. The first-order valence-electron chi connectivity index (χ1n) is 7.14. The Morgan fingerprint density at radius 2 is 2.30 bits per heavy atom. The lowest BCUT2D eigenvalue weighted by Gasteiger charge is -2.15. The second-order valence-corrected chi connectivity index (χ2v) is 5.54. The van der Waals surface area contributed by atoms with Crippen molar-refractivity contribution >= 4 is 11.8 Å². The third-order valence-electron chi connectivity index (χ3n) is 3.98. The molecule has 6 nitrogen and oxygen atoms in total. The van der Waals surface area contributed by atoms with Gasteiger partial charge in [-0.1, -0.05) is 0 Å². The van der Waals surface area contributed by atoms with Crippen molar-refractivity contribution in [2.75, 3.05) is 32.1 Å². The van der Waals surface area contributed by atoms with E-state index in [1.54, 1.807) is 6.20 Å². The number of carbonyl (C=O) groups is 1. The molecule has 20 heavy (non-hydrogen) atoms. The molecule has 2 heterocycles. The maximum atomic E-state index is 11.4. The van der Waals surface area contributed by atoms with Crippen LogP contribution in [0.15, 0.2) is 12.4 Å². The number of nitrogens with one attached hydrogen (secondary N) is 1. The van der Waals surface area contributed by atoms with Gasteiger partial charge in [-0.15, -0.1) is 0 Å². The van der Waals surface area contributed by atoms with Crippen LogP contribution in [0, 0.1) is 5.92 Å². The summed E-state index contributed by atoms with van der Waals surface area (Å²) in [7, 11) is 1.34. The highest BCUT2D eigenvalue weighted by Gasteiger charge is 2.34. The molecule has 2 fully saturated rings. The standard InChI is InChI=1S/C14H20N4O2/c1-20-14(19)12-7-15-8-13(17-12)16-6-10-4-5-18(9-10)11-2-3-11/h7-8,10-11H,2-6,9H2,1H3,(H,16,17). The van der Waals surface area contributed by atoms with Crippen molar-refractivity contribution < 1.29 is 9.53 Å². The molecule has 1 saturated heterocycles. The van der Waals surface area contributed by atoms with Gasteiger partial charge < -0.3 is 15.0 Å². The predicted molar refractivity (Wildman–Crippen MR) is 74.6 cm³/mol. The Morgan fingerprint density at radius 3 is 3.05 bits per heavy atom. The Morgan fingerprint density at radius 1 is 1.45 bits per heavy atom. The number of carbonyl (C=O) groups excluding carboxylic acids is 1. The smallest absolute Gasteiger partial charge is 0.358 e. The molecule has 1 atom stereocenters. The molecule has 1 aromatic heterocycles. The van der Waals surface area contributed by atoms with Crippen molar-refractivity contribution in [2.45, 2.75) is 25.3 Å². The molecule has 1 aromatic rings. The van der Waals surface area contributed by atoms with Crippen LogP contribution in [0.3, 0.4) is 0 Å². The van der Waals surface area contributed by atoms with Crippen molar-refractivity contribution in [1.82, 2.24) is 14.9 Å². The molecule has 0 radical (unpaired) electrons. The highest BCUT2D eigenvalue weighted by Crippen LogP contribution is 2.31. The van der Waals surface area contributed by atoms with Gasteiger partial charge in [0.25, 0.3) is 0 Å². The van der Waals surface area contributed by atoms with Crippen LogP contribution in [-0.4, -0.2) is 53.6 Å². The average Bonchev–Trinajstić information content (AvgIpc) is 3.23. The topological polar surface area (TPSA) is 67.3 Å². The third kappa shape index (κ3) is 3.07. The molecule has 1 aliphatic carbocycles. The summed E-state index contributed by atoms with van der Waals surface area (Å²) in [4.78, 5) is 22.2. The second kappa shape index (κ2) is 5.75. The number of methoxy groups -OCH3 is 1. The van der Waals surface area contributed by atoms with Gasteiger partial charge in [0.15, 0.2) is 5.69 Å². The Kier molecular flexibility index (Phi) is 3.82. The summed E-state index contributed by atoms with van der Waals surface area (Å²) < 4.78 is 4.64. The van der Waals surface area contributed by atoms with E-state index in [0.717, 1.165) is 12.6 Å². The minimum Gasteiger partial charge on any atom is -0.464 e. The van der Waals surface area contributed by atoms with Gasteiger partial charge in [-0.3, -0.25) is 4.98 Å². The molecule has 3 rings (SSSR count). The molecule has 0 aromatic carbocycles. The third-order valence-corrected chi connectivity index (χ3v) is 3.98. The van der Waals surface area contributed by atoms with Crippen LogP contribution < -0.4 is 5.32 Å². The van der Waals surface area contributed by atoms with Crippen LogP contribution in [-0.2, 0) is 4.74 Å². The van der Waals surface area contributed by atoms with Crippen LogP contribution in [0.1, 0.15) is 29.8 Å². The van der Waals surface area contributed by atoms with Gasteiger partial charge in [0.1, 0.15) is 5.82 Å². The summed E-state index contributed by atoms with van der Waals surface area (Å²) in [5, 5.41) is 3.28. The van der Waals surface area contributed by atoms with Crippen molar-refractivity contribution in [2.24, 2.45) is 5.92 Å². The fraction of sp³-hybridized carbons (Fsp3) is 0.643. The van der Waals surface area contributed by atoms with Gasteiger partial charge >= 0.3 is 5.97 Å². The first-order chi connectivity index (χ1) is 9.76. The maximum Gasteiger partial charge on any atom is 0.358 e. The fourth-order valence-corrected chi connectivity index (χ4v) is 2.70. The molecular weight excluding hydrogens is 256 g/mol. The Balaban J connectivity index is 1.52. The lowest BCUT2D eigenvalue weighted by molar-refractivity contribution is 0.0593. The quantitative estimate of drug-likeness (QED) is 0.814. The molecule has 1 saturated carbocycles. The van der Waals surface area contributed by atoms with Gasteiger partial charge in [0.2, 0.25) is 0 Å². The molecule has 6 heteroatoms. The highest BCUT2D eigenvalue weighted by molar-refractivity contribution is 5.87. The molecule has 108 valence electrons. The van der Waals surface area contributed by atoms with E-state index in [1.807, 2.05) is 0 Å². The summed E-state index contributed by atoms with van der Waals surface area (Å²) in [6.45, 7) is 3.26. The summed E-state index contributed by atoms with van der Waals surface area (Å²) in [5.41, 5.74) is 0.239. The number of nitrogens with zero attached hydrogens (tertiary/aromatic N) is 3. The van der Waals surface area contributed by atoms with Crippen molar-refractivity contribution in [1.29, 1.82) is 0 Å². The van der Waals surface area contributed by atoms with E-state index < -0.39 is 5.97 Å². The summed E-state index contributed by atoms with van der Waals surface area (Å²) in [6.07, 6.45) is 7.02. The molecule has 0 amide bonds. The molecule has 2 aliphatic rings. The number of rotatable bonds is 5. The second-order valence-electron chi connectivity index (χ2n) is 5.54. The summed E-state index contributed by atoms with van der Waals surface area (Å²) >= 11 is 0.